The first-order valence-corrected chi connectivity index (χ1v) is 11.9. The number of rotatable bonds is 6. The van der Waals surface area contributed by atoms with E-state index < -0.39 is 10.0 Å². The summed E-state index contributed by atoms with van der Waals surface area (Å²) >= 11 is 3.01. The van der Waals surface area contributed by atoms with Gasteiger partial charge in [-0.15, -0.1) is 11.3 Å². The first-order valence-electron chi connectivity index (χ1n) is 8.43. The van der Waals surface area contributed by atoms with Gasteiger partial charge in [-0.25, -0.2) is 18.5 Å². The molecule has 2 heterocycles. The highest BCUT2D eigenvalue weighted by Crippen LogP contribution is 2.34. The van der Waals surface area contributed by atoms with Gasteiger partial charge in [-0.2, -0.15) is 0 Å². The maximum absolute atomic E-state index is 13.2. The Morgan fingerprint density at radius 2 is 2.00 bits per heavy atom. The minimum atomic E-state index is -3.45. The van der Waals surface area contributed by atoms with Crippen LogP contribution < -0.4 is 10.7 Å². The summed E-state index contributed by atoms with van der Waals surface area (Å²) in [5, 5.41) is 6.50. The van der Waals surface area contributed by atoms with E-state index >= 15 is 0 Å². The van der Waals surface area contributed by atoms with Crippen LogP contribution >= 0.6 is 23.1 Å². The Kier molecular flexibility index (Phi) is 5.57. The second-order valence-electron chi connectivity index (χ2n) is 6.54. The molecule has 25 heavy (non-hydrogen) atoms. The molecule has 1 aliphatic rings. The molecule has 0 radical (unpaired) electrons. The number of hydrogen-bond acceptors (Lipinski definition) is 6. The van der Waals surface area contributed by atoms with Crippen LogP contribution in [-0.4, -0.2) is 29.5 Å². The van der Waals surface area contributed by atoms with Gasteiger partial charge in [0.2, 0.25) is 10.0 Å². The van der Waals surface area contributed by atoms with Crippen molar-refractivity contribution in [1.82, 2.24) is 9.55 Å². The molecule has 6 nitrogen and oxygen atoms in total. The van der Waals surface area contributed by atoms with Crippen molar-refractivity contribution in [2.75, 3.05) is 11.5 Å². The number of primary sulfonamides is 1. The Morgan fingerprint density at radius 3 is 2.64 bits per heavy atom. The summed E-state index contributed by atoms with van der Waals surface area (Å²) < 4.78 is 24.0. The minimum absolute atomic E-state index is 0.0485. The van der Waals surface area contributed by atoms with Gasteiger partial charge in [0, 0.05) is 16.7 Å². The van der Waals surface area contributed by atoms with E-state index in [2.05, 4.69) is 0 Å². The summed E-state index contributed by atoms with van der Waals surface area (Å²) in [5.74, 6) is 0.525. The Hall–Kier alpha value is -0.900. The summed E-state index contributed by atoms with van der Waals surface area (Å²) in [5.41, 5.74) is 1.07. The fourth-order valence-corrected chi connectivity index (χ4v) is 6.10. The lowest BCUT2D eigenvalue weighted by Crippen LogP contribution is -2.26. The molecule has 0 atom stereocenters. The van der Waals surface area contributed by atoms with Crippen LogP contribution in [0, 0.1) is 13.8 Å². The molecule has 1 saturated carbocycles. The molecule has 0 unspecified atom stereocenters. The Bertz CT molecular complexity index is 941. The Labute approximate surface area is 155 Å². The van der Waals surface area contributed by atoms with Crippen molar-refractivity contribution in [2.45, 2.75) is 57.1 Å². The average Bonchev–Trinajstić information content (AvgIpc) is 3.12. The smallest absolute Gasteiger partial charge is 0.263 e. The molecule has 2 N–H and O–H groups in total. The van der Waals surface area contributed by atoms with Crippen LogP contribution in [0.1, 0.15) is 48.6 Å². The van der Waals surface area contributed by atoms with Crippen LogP contribution in [0.15, 0.2) is 9.95 Å². The number of thioether (sulfide) groups is 1. The Balaban J connectivity index is 1.97. The molecule has 1 aliphatic carbocycles. The predicted molar refractivity (Wildman–Crippen MR) is 104 cm³/mol. The molecular weight excluding hydrogens is 378 g/mol. The van der Waals surface area contributed by atoms with E-state index in [-0.39, 0.29) is 17.4 Å². The maximum atomic E-state index is 13.2. The van der Waals surface area contributed by atoms with Crippen molar-refractivity contribution in [3.05, 3.63) is 20.8 Å². The highest BCUT2D eigenvalue weighted by molar-refractivity contribution is 7.99. The zero-order chi connectivity index (χ0) is 18.2. The number of aryl methyl sites for hydroxylation is 2. The van der Waals surface area contributed by atoms with Crippen molar-refractivity contribution in [3.8, 4) is 0 Å². The first kappa shape index (κ1) is 18.9. The number of thiophene rings is 1. The van der Waals surface area contributed by atoms with Gasteiger partial charge in [0.25, 0.3) is 5.56 Å². The van der Waals surface area contributed by atoms with Crippen LogP contribution in [0.5, 0.6) is 0 Å². The molecule has 0 bridgehead atoms. The molecule has 2 aromatic rings. The lowest BCUT2D eigenvalue weighted by atomic mass is 10.2. The fourth-order valence-electron chi connectivity index (χ4n) is 3.30. The first-order chi connectivity index (χ1) is 11.8. The Morgan fingerprint density at radius 1 is 1.32 bits per heavy atom. The van der Waals surface area contributed by atoms with Crippen molar-refractivity contribution in [1.29, 1.82) is 0 Å². The minimum Gasteiger partial charge on any atom is -0.284 e. The molecule has 0 aliphatic heterocycles. The maximum Gasteiger partial charge on any atom is 0.263 e. The van der Waals surface area contributed by atoms with E-state index in [0.717, 1.165) is 46.3 Å². The fraction of sp³-hybridized carbons (Fsp3) is 0.625. The third-order valence-electron chi connectivity index (χ3n) is 4.70. The van der Waals surface area contributed by atoms with Gasteiger partial charge in [-0.1, -0.05) is 24.6 Å². The third kappa shape index (κ3) is 4.10. The lowest BCUT2D eigenvalue weighted by Gasteiger charge is -2.18. The van der Waals surface area contributed by atoms with Crippen LogP contribution in [0.4, 0.5) is 0 Å². The van der Waals surface area contributed by atoms with E-state index in [1.165, 1.54) is 11.8 Å². The summed E-state index contributed by atoms with van der Waals surface area (Å²) in [6.07, 6.45) is 4.71. The summed E-state index contributed by atoms with van der Waals surface area (Å²) in [6, 6.07) is 0.199. The summed E-state index contributed by atoms with van der Waals surface area (Å²) in [7, 11) is -3.45. The highest BCUT2D eigenvalue weighted by Gasteiger charge is 2.24. The zero-order valence-electron chi connectivity index (χ0n) is 14.4. The van der Waals surface area contributed by atoms with E-state index in [0.29, 0.717) is 17.3 Å². The van der Waals surface area contributed by atoms with Gasteiger partial charge < -0.3 is 0 Å². The molecule has 2 aromatic heterocycles. The third-order valence-corrected chi connectivity index (χ3v) is 7.69. The van der Waals surface area contributed by atoms with Gasteiger partial charge in [0.1, 0.15) is 4.83 Å². The van der Waals surface area contributed by atoms with Gasteiger partial charge in [0.15, 0.2) is 5.16 Å². The second-order valence-corrected chi connectivity index (χ2v) is 10.5. The van der Waals surface area contributed by atoms with Crippen LogP contribution in [0.3, 0.4) is 0 Å². The zero-order valence-corrected chi connectivity index (χ0v) is 16.9. The monoisotopic (exact) mass is 401 g/mol. The van der Waals surface area contributed by atoms with Crippen molar-refractivity contribution < 1.29 is 8.42 Å². The van der Waals surface area contributed by atoms with Crippen LogP contribution in [-0.2, 0) is 10.0 Å². The molecule has 9 heteroatoms. The van der Waals surface area contributed by atoms with Crippen LogP contribution in [0.2, 0.25) is 0 Å². The van der Waals surface area contributed by atoms with Crippen molar-refractivity contribution in [3.63, 3.8) is 0 Å². The summed E-state index contributed by atoms with van der Waals surface area (Å²) in [6.45, 7) is 4.00. The lowest BCUT2D eigenvalue weighted by molar-refractivity contribution is 0.458. The molecule has 0 spiro atoms. The van der Waals surface area contributed by atoms with Gasteiger partial charge >= 0.3 is 0 Å². The number of fused-ring (bicyclic) bond motifs is 1. The number of nitrogens with zero attached hydrogens (tertiary/aromatic N) is 2. The quantitative estimate of drug-likeness (QED) is 0.456. The van der Waals surface area contributed by atoms with Crippen LogP contribution in [0.25, 0.3) is 10.2 Å². The van der Waals surface area contributed by atoms with E-state index in [9.17, 15) is 13.2 Å². The molecule has 0 saturated heterocycles. The van der Waals surface area contributed by atoms with Gasteiger partial charge in [-0.3, -0.25) is 9.36 Å². The topological polar surface area (TPSA) is 95.0 Å². The standard InChI is InChI=1S/C16H23N3O3S3/c1-10-11(2)24-14-13(10)15(20)19(12-6-3-4-7-12)16(18-14)23-8-5-9-25(17,21)22/h12H,3-9H2,1-2H3,(H2,17,21,22). The summed E-state index contributed by atoms with van der Waals surface area (Å²) in [4.78, 5) is 19.8. The number of sulfonamides is 1. The number of nitrogens with two attached hydrogens (primary N) is 1. The highest BCUT2D eigenvalue weighted by atomic mass is 32.2. The second kappa shape index (κ2) is 7.38. The van der Waals surface area contributed by atoms with E-state index in [1.807, 2.05) is 18.4 Å². The van der Waals surface area contributed by atoms with Gasteiger partial charge in [-0.05, 0) is 38.7 Å². The van der Waals surface area contributed by atoms with Crippen molar-refractivity contribution >= 4 is 43.3 Å². The normalized spacial score (nSPS) is 16.1. The van der Waals surface area contributed by atoms with Gasteiger partial charge in [0.05, 0.1) is 11.1 Å². The van der Waals surface area contributed by atoms with E-state index in [4.69, 9.17) is 10.1 Å². The average molecular weight is 402 g/mol. The largest absolute Gasteiger partial charge is 0.284 e. The number of hydrogen-bond donors (Lipinski definition) is 1. The number of aromatic nitrogens is 2. The van der Waals surface area contributed by atoms with E-state index in [1.54, 1.807) is 11.3 Å². The molecule has 1 fully saturated rings. The predicted octanol–water partition coefficient (Wildman–Crippen LogP) is 2.96. The SMILES string of the molecule is Cc1sc2nc(SCCCS(N)(=O)=O)n(C3CCCC3)c(=O)c2c1C. The molecule has 138 valence electrons. The molecule has 0 amide bonds. The molecule has 0 aromatic carbocycles. The molecule has 3 rings (SSSR count). The van der Waals surface area contributed by atoms with Crippen molar-refractivity contribution in [2.24, 2.45) is 5.14 Å². The molecular formula is C16H23N3O3S3.